The molecular weight excluding hydrogens is 376 g/mol. The molecule has 6 nitrogen and oxygen atoms in total. The first-order valence-electron chi connectivity index (χ1n) is 10.8. The number of piperazine rings is 1. The van der Waals surface area contributed by atoms with Crippen LogP contribution in [0.2, 0.25) is 0 Å². The first-order chi connectivity index (χ1) is 14.4. The fourth-order valence-corrected chi connectivity index (χ4v) is 4.12. The van der Waals surface area contributed by atoms with Crippen LogP contribution in [-0.4, -0.2) is 50.6 Å². The first-order valence-corrected chi connectivity index (χ1v) is 10.8. The van der Waals surface area contributed by atoms with E-state index in [4.69, 9.17) is 0 Å². The maximum Gasteiger partial charge on any atom is 0.278 e. The van der Waals surface area contributed by atoms with Crippen LogP contribution in [-0.2, 0) is 16.1 Å². The Morgan fingerprint density at radius 1 is 0.933 bits per heavy atom. The van der Waals surface area contributed by atoms with Crippen molar-refractivity contribution in [2.45, 2.75) is 33.4 Å². The van der Waals surface area contributed by atoms with Crippen LogP contribution in [0.5, 0.6) is 0 Å². The topological polar surface area (TPSA) is 67.1 Å². The predicted molar refractivity (Wildman–Crippen MR) is 119 cm³/mol. The second-order valence-electron chi connectivity index (χ2n) is 8.33. The van der Waals surface area contributed by atoms with Crippen molar-refractivity contribution in [3.8, 4) is 0 Å². The Kier molecular flexibility index (Phi) is 7.60. The predicted octanol–water partition coefficient (Wildman–Crippen LogP) is -0.270. The van der Waals surface area contributed by atoms with Gasteiger partial charge in [0.1, 0.15) is 32.7 Å². The maximum absolute atomic E-state index is 12.6. The normalized spacial score (nSPS) is 19.7. The summed E-state index contributed by atoms with van der Waals surface area (Å²) in [4.78, 5) is 27.7. The van der Waals surface area contributed by atoms with Gasteiger partial charge in [-0.15, -0.1) is 0 Å². The molecule has 1 heterocycles. The highest BCUT2D eigenvalue weighted by molar-refractivity contribution is 5.96. The van der Waals surface area contributed by atoms with Crippen molar-refractivity contribution in [2.24, 2.45) is 0 Å². The van der Waals surface area contributed by atoms with Crippen LogP contribution >= 0.6 is 0 Å². The molecule has 0 radical (unpaired) electrons. The van der Waals surface area contributed by atoms with Crippen LogP contribution < -0.4 is 20.4 Å². The van der Waals surface area contributed by atoms with Crippen molar-refractivity contribution >= 4 is 17.5 Å². The summed E-state index contributed by atoms with van der Waals surface area (Å²) in [6.07, 6.45) is 0. The van der Waals surface area contributed by atoms with Gasteiger partial charge in [-0.3, -0.25) is 9.59 Å². The summed E-state index contributed by atoms with van der Waals surface area (Å²) in [7, 11) is 0. The van der Waals surface area contributed by atoms with Crippen LogP contribution in [0, 0.1) is 13.8 Å². The van der Waals surface area contributed by atoms with E-state index in [0.29, 0.717) is 0 Å². The molecule has 1 aliphatic rings. The Balaban J connectivity index is 1.42. The summed E-state index contributed by atoms with van der Waals surface area (Å²) in [5.41, 5.74) is 4.22. The summed E-state index contributed by atoms with van der Waals surface area (Å²) in [6, 6.07) is 16.3. The third-order valence-electron chi connectivity index (χ3n) is 6.07. The van der Waals surface area contributed by atoms with E-state index in [2.05, 4.69) is 34.9 Å². The second kappa shape index (κ2) is 10.4. The van der Waals surface area contributed by atoms with Crippen molar-refractivity contribution in [3.05, 3.63) is 65.2 Å². The zero-order chi connectivity index (χ0) is 21.5. The smallest absolute Gasteiger partial charge is 0.278 e. The Labute approximate surface area is 179 Å². The molecule has 2 aromatic rings. The minimum Gasteiger partial charge on any atom is -0.342 e. The molecule has 1 atom stereocenters. The van der Waals surface area contributed by atoms with Gasteiger partial charge in [-0.1, -0.05) is 48.5 Å². The number of anilines is 1. The number of hydrogen-bond donors (Lipinski definition) is 4. The lowest BCUT2D eigenvalue weighted by atomic mass is 10.1. The Morgan fingerprint density at radius 3 is 2.20 bits per heavy atom. The minimum absolute atomic E-state index is 0.00436. The quantitative estimate of drug-likeness (QED) is 0.508. The van der Waals surface area contributed by atoms with E-state index >= 15 is 0 Å². The van der Waals surface area contributed by atoms with E-state index in [9.17, 15) is 9.59 Å². The fraction of sp³-hybridized carbons (Fsp3) is 0.417. The van der Waals surface area contributed by atoms with E-state index in [1.165, 1.54) is 10.5 Å². The molecule has 1 aliphatic heterocycles. The highest BCUT2D eigenvalue weighted by Gasteiger charge is 2.31. The van der Waals surface area contributed by atoms with Gasteiger partial charge in [-0.05, 0) is 31.9 Å². The lowest BCUT2D eigenvalue weighted by Crippen LogP contribution is -3.29. The maximum atomic E-state index is 12.6. The third kappa shape index (κ3) is 5.90. The average molecular weight is 411 g/mol. The van der Waals surface area contributed by atoms with Gasteiger partial charge >= 0.3 is 0 Å². The van der Waals surface area contributed by atoms with Crippen LogP contribution in [0.3, 0.4) is 0 Å². The van der Waals surface area contributed by atoms with E-state index in [1.54, 1.807) is 4.90 Å². The highest BCUT2D eigenvalue weighted by atomic mass is 16.2. The summed E-state index contributed by atoms with van der Waals surface area (Å²) >= 11 is 0. The number of aryl methyl sites for hydroxylation is 2. The molecule has 160 valence electrons. The SMILES string of the molecule is Cc1cccc(C)c1NC(=O)CNC(=O)[C@@H](C)[NH+]1CC[NH+](Cc2ccccc2)CC1. The van der Waals surface area contributed by atoms with Crippen LogP contribution in [0.1, 0.15) is 23.6 Å². The highest BCUT2D eigenvalue weighted by Crippen LogP contribution is 2.18. The molecule has 0 bridgehead atoms. The summed E-state index contributed by atoms with van der Waals surface area (Å²) in [5.74, 6) is -0.256. The van der Waals surface area contributed by atoms with Gasteiger partial charge in [0.2, 0.25) is 5.91 Å². The average Bonchev–Trinajstić information content (AvgIpc) is 2.75. The number of hydrogen-bond acceptors (Lipinski definition) is 2. The molecule has 2 aromatic carbocycles. The summed E-state index contributed by atoms with van der Waals surface area (Å²) < 4.78 is 0. The number of benzene rings is 2. The lowest BCUT2D eigenvalue weighted by molar-refractivity contribution is -1.02. The monoisotopic (exact) mass is 410 g/mol. The molecule has 6 heteroatoms. The number of para-hydroxylation sites is 1. The van der Waals surface area contributed by atoms with Gasteiger partial charge < -0.3 is 20.4 Å². The van der Waals surface area contributed by atoms with Crippen LogP contribution in [0.25, 0.3) is 0 Å². The van der Waals surface area contributed by atoms with Crippen LogP contribution in [0.4, 0.5) is 5.69 Å². The Bertz CT molecular complexity index is 841. The minimum atomic E-state index is -0.194. The van der Waals surface area contributed by atoms with Crippen molar-refractivity contribution < 1.29 is 19.4 Å². The standard InChI is InChI=1S/C24H32N4O2/c1-18-8-7-9-19(2)23(18)26-22(29)16-25-24(30)20(3)28-14-12-27(13-15-28)17-21-10-5-4-6-11-21/h4-11,20H,12-17H2,1-3H3,(H,25,30)(H,26,29)/p+2/t20-/m1/s1. The van der Waals surface area contributed by atoms with Gasteiger partial charge in [0.25, 0.3) is 5.91 Å². The molecule has 0 aromatic heterocycles. The molecular formula is C24H34N4O2+2. The Morgan fingerprint density at radius 2 is 1.57 bits per heavy atom. The van der Waals surface area contributed by atoms with Gasteiger partial charge in [-0.2, -0.15) is 0 Å². The number of carbonyl (C=O) groups excluding carboxylic acids is 2. The van der Waals surface area contributed by atoms with E-state index in [-0.39, 0.29) is 24.4 Å². The van der Waals surface area contributed by atoms with E-state index in [1.807, 2.05) is 45.0 Å². The molecule has 0 unspecified atom stereocenters. The molecule has 2 amide bonds. The van der Waals surface area contributed by atoms with Crippen molar-refractivity contribution in [1.29, 1.82) is 0 Å². The summed E-state index contributed by atoms with van der Waals surface area (Å²) in [6.45, 7) is 10.9. The van der Waals surface area contributed by atoms with Gasteiger partial charge in [0, 0.05) is 11.3 Å². The number of rotatable bonds is 7. The third-order valence-corrected chi connectivity index (χ3v) is 6.07. The van der Waals surface area contributed by atoms with Crippen molar-refractivity contribution in [3.63, 3.8) is 0 Å². The zero-order valence-corrected chi connectivity index (χ0v) is 18.3. The number of quaternary nitrogens is 2. The molecule has 1 fully saturated rings. The number of nitrogens with one attached hydrogen (secondary N) is 4. The number of amides is 2. The second-order valence-corrected chi connectivity index (χ2v) is 8.33. The molecule has 4 N–H and O–H groups in total. The molecule has 0 aliphatic carbocycles. The first kappa shape index (κ1) is 22.0. The van der Waals surface area contributed by atoms with Gasteiger partial charge in [-0.25, -0.2) is 0 Å². The molecule has 30 heavy (non-hydrogen) atoms. The van der Waals surface area contributed by atoms with Crippen molar-refractivity contribution in [2.75, 3.05) is 38.0 Å². The molecule has 0 spiro atoms. The summed E-state index contributed by atoms with van der Waals surface area (Å²) in [5, 5.41) is 5.73. The Hall–Kier alpha value is -2.70. The van der Waals surface area contributed by atoms with Gasteiger partial charge in [0.05, 0.1) is 6.54 Å². The van der Waals surface area contributed by atoms with Crippen LogP contribution in [0.15, 0.2) is 48.5 Å². The molecule has 1 saturated heterocycles. The zero-order valence-electron chi connectivity index (χ0n) is 18.3. The largest absolute Gasteiger partial charge is 0.342 e. The number of carbonyl (C=O) groups is 2. The molecule has 0 saturated carbocycles. The molecule has 3 rings (SSSR count). The van der Waals surface area contributed by atoms with E-state index in [0.717, 1.165) is 49.5 Å². The van der Waals surface area contributed by atoms with Gasteiger partial charge in [0.15, 0.2) is 6.04 Å². The lowest BCUT2D eigenvalue weighted by Gasteiger charge is -2.32. The van der Waals surface area contributed by atoms with Crippen molar-refractivity contribution in [1.82, 2.24) is 5.32 Å². The van der Waals surface area contributed by atoms with E-state index < -0.39 is 0 Å². The fourth-order valence-electron chi connectivity index (χ4n) is 4.12.